The molecule has 1 saturated heterocycles. The first-order valence-corrected chi connectivity index (χ1v) is 8.22. The van der Waals surface area contributed by atoms with E-state index in [0.29, 0.717) is 24.2 Å². The number of benzene rings is 1. The summed E-state index contributed by atoms with van der Waals surface area (Å²) in [7, 11) is 1.50. The van der Waals surface area contributed by atoms with Crippen molar-refractivity contribution in [2.45, 2.75) is 32.0 Å². The molecule has 0 unspecified atom stereocenters. The second-order valence-electron chi connectivity index (χ2n) is 6.07. The predicted octanol–water partition coefficient (Wildman–Crippen LogP) is 0.520. The molecular weight excluding hydrogens is 356 g/mol. The van der Waals surface area contributed by atoms with Crippen LogP contribution < -0.4 is 5.32 Å². The Morgan fingerprint density at radius 2 is 2.07 bits per heavy atom. The summed E-state index contributed by atoms with van der Waals surface area (Å²) in [6.07, 6.45) is 1.60. The number of carbonyl (C=O) groups is 2. The monoisotopic (exact) mass is 374 g/mol. The maximum Gasteiger partial charge on any atom is 0.269 e. The van der Waals surface area contributed by atoms with Crippen LogP contribution in [0.3, 0.4) is 0 Å². The fourth-order valence-electron chi connectivity index (χ4n) is 2.89. The van der Waals surface area contributed by atoms with Crippen molar-refractivity contribution < 1.29 is 19.3 Å². The normalized spacial score (nSPS) is 19.1. The molecule has 1 aromatic carbocycles. The summed E-state index contributed by atoms with van der Waals surface area (Å²) in [5, 5.41) is 22.4. The van der Waals surface area contributed by atoms with Gasteiger partial charge in [0.2, 0.25) is 11.8 Å². The second kappa shape index (κ2) is 7.50. The standard InChI is InChI=1S/C16H18N6O5/c1-10(23)21-15(16(24)17-2)7-13(27-21)8-20-9-14(18-19-20)11-3-5-12(6-4-11)22(25)26/h3-6,9,13,15H,7-8H2,1-2H3,(H,17,24)/t13-,15-/m0/s1. The van der Waals surface area contributed by atoms with Gasteiger partial charge in [-0.05, 0) is 12.1 Å². The molecule has 0 spiro atoms. The van der Waals surface area contributed by atoms with Crippen molar-refractivity contribution >= 4 is 17.5 Å². The van der Waals surface area contributed by atoms with E-state index in [0.717, 1.165) is 5.06 Å². The lowest BCUT2D eigenvalue weighted by molar-refractivity contribution is -0.384. The number of nitro groups is 1. The largest absolute Gasteiger partial charge is 0.357 e. The number of likely N-dealkylation sites (N-methyl/N-ethyl adjacent to an activating group) is 1. The van der Waals surface area contributed by atoms with Crippen LogP contribution in [0.25, 0.3) is 11.3 Å². The average molecular weight is 374 g/mol. The number of amides is 2. The number of hydroxylamine groups is 2. The molecule has 2 atom stereocenters. The minimum Gasteiger partial charge on any atom is -0.357 e. The molecule has 0 aliphatic carbocycles. The Kier molecular flexibility index (Phi) is 5.12. The summed E-state index contributed by atoms with van der Waals surface area (Å²) < 4.78 is 1.55. The van der Waals surface area contributed by atoms with E-state index in [2.05, 4.69) is 15.6 Å². The molecule has 2 heterocycles. The summed E-state index contributed by atoms with van der Waals surface area (Å²) in [5.74, 6) is -0.644. The van der Waals surface area contributed by atoms with Crippen molar-refractivity contribution in [1.29, 1.82) is 0 Å². The van der Waals surface area contributed by atoms with Crippen molar-refractivity contribution in [2.24, 2.45) is 0 Å². The number of carbonyl (C=O) groups excluding carboxylic acids is 2. The van der Waals surface area contributed by atoms with Gasteiger partial charge in [-0.3, -0.25) is 24.5 Å². The fourth-order valence-corrected chi connectivity index (χ4v) is 2.89. The SMILES string of the molecule is CNC(=O)[C@@H]1C[C@@H](Cn2cc(-c3ccc([N+](=O)[O-])cc3)nn2)ON1C(C)=O. The third-order valence-corrected chi connectivity index (χ3v) is 4.19. The Balaban J connectivity index is 1.69. The second-order valence-corrected chi connectivity index (χ2v) is 6.07. The summed E-state index contributed by atoms with van der Waals surface area (Å²) in [6, 6.07) is 5.30. The maximum absolute atomic E-state index is 11.9. The van der Waals surface area contributed by atoms with Crippen LogP contribution in [0.1, 0.15) is 13.3 Å². The first-order valence-electron chi connectivity index (χ1n) is 8.22. The maximum atomic E-state index is 11.9. The number of rotatable bonds is 5. The van der Waals surface area contributed by atoms with Crippen LogP contribution in [0.2, 0.25) is 0 Å². The highest BCUT2D eigenvalue weighted by molar-refractivity contribution is 5.86. The molecule has 11 nitrogen and oxygen atoms in total. The third-order valence-electron chi connectivity index (χ3n) is 4.19. The molecule has 1 aromatic heterocycles. The smallest absolute Gasteiger partial charge is 0.269 e. The highest BCUT2D eigenvalue weighted by Crippen LogP contribution is 2.24. The lowest BCUT2D eigenvalue weighted by Crippen LogP contribution is -2.43. The molecule has 0 bridgehead atoms. The van der Waals surface area contributed by atoms with Gasteiger partial charge in [0, 0.05) is 38.1 Å². The van der Waals surface area contributed by atoms with Crippen LogP contribution in [0.4, 0.5) is 5.69 Å². The van der Waals surface area contributed by atoms with Gasteiger partial charge >= 0.3 is 0 Å². The van der Waals surface area contributed by atoms with E-state index in [1.54, 1.807) is 23.0 Å². The first-order chi connectivity index (χ1) is 12.9. The van der Waals surface area contributed by atoms with E-state index < -0.39 is 17.1 Å². The Labute approximate surface area is 154 Å². The molecular formula is C16H18N6O5. The highest BCUT2D eigenvalue weighted by atomic mass is 16.7. The zero-order chi connectivity index (χ0) is 19.6. The Morgan fingerprint density at radius 3 is 2.67 bits per heavy atom. The van der Waals surface area contributed by atoms with Gasteiger partial charge in [-0.25, -0.2) is 9.75 Å². The van der Waals surface area contributed by atoms with Gasteiger partial charge in [0.25, 0.3) is 5.69 Å². The molecule has 11 heteroatoms. The van der Waals surface area contributed by atoms with Crippen molar-refractivity contribution in [3.63, 3.8) is 0 Å². The number of nitrogens with one attached hydrogen (secondary N) is 1. The van der Waals surface area contributed by atoms with Crippen LogP contribution in [-0.2, 0) is 21.0 Å². The van der Waals surface area contributed by atoms with E-state index in [9.17, 15) is 19.7 Å². The van der Waals surface area contributed by atoms with Gasteiger partial charge in [-0.2, -0.15) is 0 Å². The van der Waals surface area contributed by atoms with Crippen LogP contribution in [0.15, 0.2) is 30.5 Å². The molecule has 1 aliphatic heterocycles. The lowest BCUT2D eigenvalue weighted by Gasteiger charge is -2.19. The van der Waals surface area contributed by atoms with Gasteiger partial charge in [-0.1, -0.05) is 5.21 Å². The van der Waals surface area contributed by atoms with Gasteiger partial charge in [0.15, 0.2) is 0 Å². The van der Waals surface area contributed by atoms with Crippen molar-refractivity contribution in [3.05, 3.63) is 40.6 Å². The summed E-state index contributed by atoms with van der Waals surface area (Å²) in [4.78, 5) is 39.4. The van der Waals surface area contributed by atoms with E-state index in [-0.39, 0.29) is 17.5 Å². The predicted molar refractivity (Wildman–Crippen MR) is 92.0 cm³/mol. The third kappa shape index (κ3) is 3.92. The topological polar surface area (TPSA) is 132 Å². The zero-order valence-corrected chi connectivity index (χ0v) is 14.7. The quantitative estimate of drug-likeness (QED) is 0.596. The van der Waals surface area contributed by atoms with Crippen LogP contribution >= 0.6 is 0 Å². The van der Waals surface area contributed by atoms with Crippen LogP contribution in [-0.4, -0.2) is 56.0 Å². The Hall–Kier alpha value is -3.34. The minimum atomic E-state index is -0.685. The van der Waals surface area contributed by atoms with Gasteiger partial charge in [-0.15, -0.1) is 5.10 Å². The van der Waals surface area contributed by atoms with Crippen LogP contribution in [0, 0.1) is 10.1 Å². The Bertz CT molecular complexity index is 864. The zero-order valence-electron chi connectivity index (χ0n) is 14.7. The molecule has 1 N–H and O–H groups in total. The molecule has 0 radical (unpaired) electrons. The summed E-state index contributed by atoms with van der Waals surface area (Å²) in [5.41, 5.74) is 1.23. The van der Waals surface area contributed by atoms with Crippen molar-refractivity contribution in [3.8, 4) is 11.3 Å². The van der Waals surface area contributed by atoms with Crippen LogP contribution in [0.5, 0.6) is 0 Å². The van der Waals surface area contributed by atoms with Gasteiger partial charge < -0.3 is 5.32 Å². The molecule has 1 fully saturated rings. The van der Waals surface area contributed by atoms with Gasteiger partial charge in [0.05, 0.1) is 17.7 Å². The number of nitrogens with zero attached hydrogens (tertiary/aromatic N) is 5. The number of aromatic nitrogens is 3. The number of non-ortho nitro benzene ring substituents is 1. The number of nitro benzene ring substituents is 1. The first kappa shape index (κ1) is 18.5. The molecule has 142 valence electrons. The minimum absolute atomic E-state index is 0.00457. The Morgan fingerprint density at radius 1 is 1.37 bits per heavy atom. The van der Waals surface area contributed by atoms with Crippen molar-refractivity contribution in [1.82, 2.24) is 25.4 Å². The van der Waals surface area contributed by atoms with E-state index in [4.69, 9.17) is 4.84 Å². The summed E-state index contributed by atoms with van der Waals surface area (Å²) >= 11 is 0. The van der Waals surface area contributed by atoms with E-state index in [1.807, 2.05) is 0 Å². The fraction of sp³-hybridized carbons (Fsp3) is 0.375. The average Bonchev–Trinajstić information content (AvgIpc) is 3.29. The molecule has 1 aliphatic rings. The van der Waals surface area contributed by atoms with E-state index >= 15 is 0 Å². The van der Waals surface area contributed by atoms with Gasteiger partial charge in [0.1, 0.15) is 17.8 Å². The summed E-state index contributed by atoms with van der Waals surface area (Å²) in [6.45, 7) is 1.64. The van der Waals surface area contributed by atoms with Crippen molar-refractivity contribution in [2.75, 3.05) is 7.05 Å². The number of hydrogen-bond donors (Lipinski definition) is 1. The molecule has 2 amide bonds. The number of hydrogen-bond acceptors (Lipinski definition) is 7. The molecule has 3 rings (SSSR count). The van der Waals surface area contributed by atoms with E-state index in [1.165, 1.54) is 26.1 Å². The highest BCUT2D eigenvalue weighted by Gasteiger charge is 2.39. The molecule has 27 heavy (non-hydrogen) atoms. The molecule has 0 saturated carbocycles. The lowest BCUT2D eigenvalue weighted by atomic mass is 10.1. The molecule has 2 aromatic rings.